The van der Waals surface area contributed by atoms with Gasteiger partial charge in [-0.15, -0.1) is 0 Å². The van der Waals surface area contributed by atoms with Crippen molar-refractivity contribution in [2.24, 2.45) is 0 Å². The van der Waals surface area contributed by atoms with Gasteiger partial charge in [-0.1, -0.05) is 30.9 Å². The van der Waals surface area contributed by atoms with Crippen LogP contribution in [0, 0.1) is 0 Å². The summed E-state index contributed by atoms with van der Waals surface area (Å²) in [6, 6.07) is 9.13. The Morgan fingerprint density at radius 2 is 2.19 bits per heavy atom. The van der Waals surface area contributed by atoms with E-state index in [-0.39, 0.29) is 12.6 Å². The van der Waals surface area contributed by atoms with E-state index >= 15 is 0 Å². The third kappa shape index (κ3) is 1.93. The fourth-order valence-electron chi connectivity index (χ4n) is 1.49. The van der Waals surface area contributed by atoms with Crippen LogP contribution in [0.3, 0.4) is 0 Å². The molecule has 0 aliphatic rings. The largest absolute Gasteiger partial charge is 0.458 e. The van der Waals surface area contributed by atoms with Crippen LogP contribution in [0.15, 0.2) is 49.2 Å². The van der Waals surface area contributed by atoms with Gasteiger partial charge in [-0.25, -0.2) is 4.79 Å². The van der Waals surface area contributed by atoms with Crippen molar-refractivity contribution in [3.05, 3.63) is 54.7 Å². The molecule has 0 radical (unpaired) electrons. The monoisotopic (exact) mass is 213 g/mol. The second-order valence-electron chi connectivity index (χ2n) is 3.26. The number of esters is 1. The van der Waals surface area contributed by atoms with Gasteiger partial charge in [0.05, 0.1) is 11.1 Å². The zero-order valence-electron chi connectivity index (χ0n) is 8.72. The number of para-hydroxylation sites is 1. The molecular formula is C13H11NO2. The molecule has 0 saturated heterocycles. The van der Waals surface area contributed by atoms with E-state index in [1.807, 2.05) is 24.3 Å². The second-order valence-corrected chi connectivity index (χ2v) is 3.26. The molecule has 3 nitrogen and oxygen atoms in total. The maximum absolute atomic E-state index is 11.7. The summed E-state index contributed by atoms with van der Waals surface area (Å²) >= 11 is 0. The van der Waals surface area contributed by atoms with Crippen LogP contribution in [-0.4, -0.2) is 17.6 Å². The van der Waals surface area contributed by atoms with Gasteiger partial charge in [-0.2, -0.15) is 0 Å². The molecule has 3 heteroatoms. The topological polar surface area (TPSA) is 39.2 Å². The molecule has 1 heterocycles. The molecular weight excluding hydrogens is 202 g/mol. The number of aromatic nitrogens is 1. The Balaban J connectivity index is 2.44. The van der Waals surface area contributed by atoms with Crippen molar-refractivity contribution in [1.82, 2.24) is 4.98 Å². The summed E-state index contributed by atoms with van der Waals surface area (Å²) in [4.78, 5) is 15.9. The summed E-state index contributed by atoms with van der Waals surface area (Å²) in [6.07, 6.45) is 3.15. The van der Waals surface area contributed by atoms with Crippen molar-refractivity contribution in [3.8, 4) is 0 Å². The van der Waals surface area contributed by atoms with Crippen LogP contribution >= 0.6 is 0 Å². The maximum atomic E-state index is 11.7. The molecule has 0 aliphatic carbocycles. The van der Waals surface area contributed by atoms with Crippen LogP contribution in [0.2, 0.25) is 0 Å². The number of benzene rings is 1. The van der Waals surface area contributed by atoms with E-state index < -0.39 is 0 Å². The van der Waals surface area contributed by atoms with E-state index in [1.54, 1.807) is 18.3 Å². The predicted octanol–water partition coefficient (Wildman–Crippen LogP) is 2.58. The van der Waals surface area contributed by atoms with Gasteiger partial charge in [0.15, 0.2) is 0 Å². The molecule has 0 aliphatic heterocycles. The van der Waals surface area contributed by atoms with Gasteiger partial charge in [0, 0.05) is 11.6 Å². The highest BCUT2D eigenvalue weighted by atomic mass is 16.5. The van der Waals surface area contributed by atoms with Crippen molar-refractivity contribution in [1.29, 1.82) is 0 Å². The normalized spacial score (nSPS) is 10.0. The average Bonchev–Trinajstić information content (AvgIpc) is 2.35. The number of hydrogen-bond acceptors (Lipinski definition) is 3. The molecule has 0 fully saturated rings. The molecule has 80 valence electrons. The number of rotatable bonds is 3. The Bertz CT molecular complexity index is 529. The standard InChI is InChI=1S/C13H11NO2/c1-2-9-16-13(15)11-7-8-14-12-6-4-3-5-10(11)12/h2-8H,1,9H2. The lowest BCUT2D eigenvalue weighted by molar-refractivity contribution is 0.0552. The van der Waals surface area contributed by atoms with Gasteiger partial charge in [-0.3, -0.25) is 4.98 Å². The first-order valence-corrected chi connectivity index (χ1v) is 4.94. The van der Waals surface area contributed by atoms with Crippen molar-refractivity contribution < 1.29 is 9.53 Å². The van der Waals surface area contributed by atoms with E-state index in [2.05, 4.69) is 11.6 Å². The van der Waals surface area contributed by atoms with Crippen molar-refractivity contribution in [2.45, 2.75) is 0 Å². The summed E-state index contributed by atoms with van der Waals surface area (Å²) in [5.41, 5.74) is 1.32. The molecule has 0 spiro atoms. The molecule has 0 atom stereocenters. The molecule has 0 amide bonds. The number of hydrogen-bond donors (Lipinski definition) is 0. The maximum Gasteiger partial charge on any atom is 0.339 e. The first kappa shape index (κ1) is 10.4. The second kappa shape index (κ2) is 4.57. The average molecular weight is 213 g/mol. The summed E-state index contributed by atoms with van der Waals surface area (Å²) in [7, 11) is 0. The molecule has 2 aromatic rings. The lowest BCUT2D eigenvalue weighted by Gasteiger charge is -2.04. The number of carbonyl (C=O) groups is 1. The number of pyridine rings is 1. The Kier molecular flexibility index (Phi) is 2.96. The highest BCUT2D eigenvalue weighted by Gasteiger charge is 2.10. The SMILES string of the molecule is C=CCOC(=O)c1ccnc2ccccc12. The van der Waals surface area contributed by atoms with E-state index in [4.69, 9.17) is 4.74 Å². The van der Waals surface area contributed by atoms with Crippen LogP contribution in [0.5, 0.6) is 0 Å². The first-order chi connectivity index (χ1) is 7.83. The molecule has 0 unspecified atom stereocenters. The third-order valence-electron chi connectivity index (χ3n) is 2.20. The number of ether oxygens (including phenoxy) is 1. The fourth-order valence-corrected chi connectivity index (χ4v) is 1.49. The molecule has 0 bridgehead atoms. The van der Waals surface area contributed by atoms with E-state index in [0.29, 0.717) is 5.56 Å². The zero-order valence-corrected chi connectivity index (χ0v) is 8.72. The third-order valence-corrected chi connectivity index (χ3v) is 2.20. The number of carbonyl (C=O) groups excluding carboxylic acids is 1. The minimum atomic E-state index is -0.349. The van der Waals surface area contributed by atoms with Gasteiger partial charge in [-0.05, 0) is 12.1 Å². The highest BCUT2D eigenvalue weighted by Crippen LogP contribution is 2.16. The molecule has 16 heavy (non-hydrogen) atoms. The minimum absolute atomic E-state index is 0.218. The van der Waals surface area contributed by atoms with Crippen LogP contribution < -0.4 is 0 Å². The van der Waals surface area contributed by atoms with Gasteiger partial charge < -0.3 is 4.74 Å². The minimum Gasteiger partial charge on any atom is -0.458 e. The summed E-state index contributed by atoms with van der Waals surface area (Å²) in [5.74, 6) is -0.349. The zero-order chi connectivity index (χ0) is 11.4. The van der Waals surface area contributed by atoms with Gasteiger partial charge >= 0.3 is 5.97 Å². The highest BCUT2D eigenvalue weighted by molar-refractivity contribution is 6.03. The van der Waals surface area contributed by atoms with Crippen LogP contribution in [0.4, 0.5) is 0 Å². The van der Waals surface area contributed by atoms with Crippen LogP contribution in [0.25, 0.3) is 10.9 Å². The smallest absolute Gasteiger partial charge is 0.339 e. The number of fused-ring (bicyclic) bond motifs is 1. The molecule has 1 aromatic heterocycles. The number of nitrogens with zero attached hydrogens (tertiary/aromatic N) is 1. The molecule has 0 N–H and O–H groups in total. The van der Waals surface area contributed by atoms with Crippen LogP contribution in [0.1, 0.15) is 10.4 Å². The molecule has 1 aromatic carbocycles. The van der Waals surface area contributed by atoms with E-state index in [9.17, 15) is 4.79 Å². The summed E-state index contributed by atoms with van der Waals surface area (Å²) in [5, 5.41) is 0.805. The lowest BCUT2D eigenvalue weighted by atomic mass is 10.1. The van der Waals surface area contributed by atoms with E-state index in [1.165, 1.54) is 0 Å². The predicted molar refractivity (Wildman–Crippen MR) is 62.2 cm³/mol. The van der Waals surface area contributed by atoms with Gasteiger partial charge in [0.1, 0.15) is 6.61 Å². The Morgan fingerprint density at radius 1 is 1.38 bits per heavy atom. The Labute approximate surface area is 93.4 Å². The van der Waals surface area contributed by atoms with E-state index in [0.717, 1.165) is 10.9 Å². The first-order valence-electron chi connectivity index (χ1n) is 4.94. The van der Waals surface area contributed by atoms with Gasteiger partial charge in [0.25, 0.3) is 0 Å². The van der Waals surface area contributed by atoms with Crippen molar-refractivity contribution in [3.63, 3.8) is 0 Å². The van der Waals surface area contributed by atoms with Crippen LogP contribution in [-0.2, 0) is 4.74 Å². The summed E-state index contributed by atoms with van der Waals surface area (Å²) < 4.78 is 5.00. The quantitative estimate of drug-likeness (QED) is 0.581. The molecule has 2 rings (SSSR count). The fraction of sp³-hybridized carbons (Fsp3) is 0.0769. The van der Waals surface area contributed by atoms with Crippen molar-refractivity contribution >= 4 is 16.9 Å². The Morgan fingerprint density at radius 3 is 3.00 bits per heavy atom. The lowest BCUT2D eigenvalue weighted by Crippen LogP contribution is -2.05. The summed E-state index contributed by atoms with van der Waals surface area (Å²) in [6.45, 7) is 3.72. The molecule has 0 saturated carbocycles. The Hall–Kier alpha value is -2.16. The van der Waals surface area contributed by atoms with Crippen molar-refractivity contribution in [2.75, 3.05) is 6.61 Å². The van der Waals surface area contributed by atoms with Gasteiger partial charge in [0.2, 0.25) is 0 Å².